The van der Waals surface area contributed by atoms with Gasteiger partial charge in [0.15, 0.2) is 0 Å². The molecule has 0 amide bonds. The lowest BCUT2D eigenvalue weighted by atomic mass is 9.46. The Bertz CT molecular complexity index is 1100. The van der Waals surface area contributed by atoms with Gasteiger partial charge in [0, 0.05) is 29.6 Å². The van der Waals surface area contributed by atoms with E-state index in [9.17, 15) is 10.2 Å². The zero-order valence-electron chi connectivity index (χ0n) is 23.5. The fourth-order valence-corrected chi connectivity index (χ4v) is 9.19. The summed E-state index contributed by atoms with van der Waals surface area (Å²) in [6.45, 7) is 11.2. The fraction of sp³-hybridized carbons (Fsp3) is 0.706. The Morgan fingerprint density at radius 3 is 2.41 bits per heavy atom. The van der Waals surface area contributed by atoms with Crippen LogP contribution in [-0.4, -0.2) is 35.0 Å². The maximum Gasteiger partial charge on any atom is 0.131 e. The van der Waals surface area contributed by atoms with Crippen LogP contribution in [0.5, 0.6) is 0 Å². The average Bonchev–Trinajstić information content (AvgIpc) is 3.49. The first-order valence-electron chi connectivity index (χ1n) is 15.1. The Hall–Kier alpha value is -1.76. The minimum absolute atomic E-state index is 0.111. The molecule has 37 heavy (non-hydrogen) atoms. The SMILES string of the molecule is CC(C)(C)C#C[C@]1(O)CC[C@H]2[C@@H]3CCC4=CC(O)CC[C@@H]4[C@H]3[C@@H](c3ccc(N4CCCC4)cc3)C[C@@]21C. The minimum Gasteiger partial charge on any atom is -0.389 e. The van der Waals surface area contributed by atoms with Gasteiger partial charge in [-0.25, -0.2) is 0 Å². The number of nitrogens with zero attached hydrogens (tertiary/aromatic N) is 1. The van der Waals surface area contributed by atoms with Gasteiger partial charge in [0.05, 0.1) is 6.10 Å². The van der Waals surface area contributed by atoms with Crippen molar-refractivity contribution >= 4 is 5.69 Å². The van der Waals surface area contributed by atoms with Crippen LogP contribution in [0.2, 0.25) is 0 Å². The molecule has 2 N–H and O–H groups in total. The molecule has 8 atom stereocenters. The van der Waals surface area contributed by atoms with E-state index in [0.29, 0.717) is 29.6 Å². The van der Waals surface area contributed by atoms with Crippen LogP contribution >= 0.6 is 0 Å². The highest BCUT2D eigenvalue weighted by Crippen LogP contribution is 2.68. The molecule has 1 unspecified atom stereocenters. The first-order valence-corrected chi connectivity index (χ1v) is 15.1. The topological polar surface area (TPSA) is 43.7 Å². The fourth-order valence-electron chi connectivity index (χ4n) is 9.19. The zero-order valence-corrected chi connectivity index (χ0v) is 23.5. The average molecular weight is 502 g/mol. The van der Waals surface area contributed by atoms with Crippen molar-refractivity contribution in [1.29, 1.82) is 0 Å². The molecule has 0 radical (unpaired) electrons. The number of fused-ring (bicyclic) bond motifs is 5. The van der Waals surface area contributed by atoms with Crippen molar-refractivity contribution in [3.8, 4) is 11.8 Å². The summed E-state index contributed by atoms with van der Waals surface area (Å²) >= 11 is 0. The number of hydrogen-bond donors (Lipinski definition) is 2. The molecule has 1 aromatic rings. The third-order valence-corrected chi connectivity index (χ3v) is 11.0. The van der Waals surface area contributed by atoms with E-state index in [1.807, 2.05) is 0 Å². The van der Waals surface area contributed by atoms with Crippen LogP contribution in [0.1, 0.15) is 97.0 Å². The summed E-state index contributed by atoms with van der Waals surface area (Å²) in [4.78, 5) is 2.52. The normalized spacial score (nSPS) is 41.2. The predicted octanol–water partition coefficient (Wildman–Crippen LogP) is 6.69. The first kappa shape index (κ1) is 25.5. The molecular weight excluding hydrogens is 454 g/mol. The second kappa shape index (κ2) is 9.17. The zero-order chi connectivity index (χ0) is 26.0. The monoisotopic (exact) mass is 501 g/mol. The number of aliphatic hydroxyl groups excluding tert-OH is 1. The van der Waals surface area contributed by atoms with Crippen LogP contribution in [0.15, 0.2) is 35.9 Å². The van der Waals surface area contributed by atoms with Crippen LogP contribution in [0.25, 0.3) is 0 Å². The van der Waals surface area contributed by atoms with Gasteiger partial charge in [-0.15, -0.1) is 0 Å². The third kappa shape index (κ3) is 4.37. The minimum atomic E-state index is -0.914. The van der Waals surface area contributed by atoms with Gasteiger partial charge >= 0.3 is 0 Å². The van der Waals surface area contributed by atoms with Gasteiger partial charge in [-0.05, 0) is 126 Å². The Morgan fingerprint density at radius 2 is 1.70 bits per heavy atom. The van der Waals surface area contributed by atoms with Crippen LogP contribution in [0, 0.1) is 46.3 Å². The van der Waals surface area contributed by atoms with E-state index >= 15 is 0 Å². The second-order valence-corrected chi connectivity index (χ2v) is 14.3. The Balaban J connectivity index is 1.40. The van der Waals surface area contributed by atoms with Gasteiger partial charge in [-0.3, -0.25) is 0 Å². The number of rotatable bonds is 2. The predicted molar refractivity (Wildman–Crippen MR) is 151 cm³/mol. The summed E-state index contributed by atoms with van der Waals surface area (Å²) in [7, 11) is 0. The van der Waals surface area contributed by atoms with E-state index < -0.39 is 5.60 Å². The number of benzene rings is 1. The molecule has 0 aromatic heterocycles. The number of aliphatic hydroxyl groups is 2. The van der Waals surface area contributed by atoms with Crippen molar-refractivity contribution in [2.45, 2.75) is 103 Å². The van der Waals surface area contributed by atoms with Gasteiger partial charge in [0.1, 0.15) is 5.60 Å². The van der Waals surface area contributed by atoms with E-state index in [-0.39, 0.29) is 16.9 Å². The Morgan fingerprint density at radius 1 is 0.973 bits per heavy atom. The highest BCUT2D eigenvalue weighted by atomic mass is 16.3. The molecule has 1 aromatic carbocycles. The van der Waals surface area contributed by atoms with Crippen molar-refractivity contribution in [2.75, 3.05) is 18.0 Å². The van der Waals surface area contributed by atoms with Crippen LogP contribution in [0.3, 0.4) is 0 Å². The standard InChI is InChI=1S/C34H47NO2/c1-32(2,3)17-18-34(37)16-15-30-28-13-9-24-21-26(36)12-14-27(24)31(28)29(22-33(30,34)4)23-7-10-25(11-8-23)35-19-5-6-20-35/h7-8,10-11,21,26-31,36-37H,5-6,9,12-16,19-20,22H2,1-4H3/t26?,27-,28-,29+,30-,31+,33-,34+/m0/s1. The first-order chi connectivity index (χ1) is 17.6. The molecule has 0 bridgehead atoms. The lowest BCUT2D eigenvalue weighted by Crippen LogP contribution is -2.54. The number of allylic oxidation sites excluding steroid dienone is 1. The maximum atomic E-state index is 12.2. The summed E-state index contributed by atoms with van der Waals surface area (Å²) in [5.41, 5.74) is 3.10. The van der Waals surface area contributed by atoms with Crippen molar-refractivity contribution < 1.29 is 10.2 Å². The summed E-state index contributed by atoms with van der Waals surface area (Å²) < 4.78 is 0. The molecular formula is C34H47NO2. The van der Waals surface area contributed by atoms with E-state index in [1.165, 1.54) is 49.2 Å². The molecule has 3 heteroatoms. The molecule has 0 spiro atoms. The van der Waals surface area contributed by atoms with Gasteiger partial charge in [-0.2, -0.15) is 0 Å². The highest BCUT2D eigenvalue weighted by molar-refractivity contribution is 5.49. The highest BCUT2D eigenvalue weighted by Gasteiger charge is 2.64. The largest absolute Gasteiger partial charge is 0.389 e. The lowest BCUT2D eigenvalue weighted by molar-refractivity contribution is -0.0966. The van der Waals surface area contributed by atoms with Crippen molar-refractivity contribution in [3.05, 3.63) is 41.5 Å². The molecule has 1 aliphatic heterocycles. The van der Waals surface area contributed by atoms with Gasteiger partial charge in [0.25, 0.3) is 0 Å². The van der Waals surface area contributed by atoms with Gasteiger partial charge in [-0.1, -0.05) is 42.5 Å². The summed E-state index contributed by atoms with van der Waals surface area (Å²) in [5, 5.41) is 22.6. The molecule has 4 aliphatic carbocycles. The van der Waals surface area contributed by atoms with Gasteiger partial charge in [0.2, 0.25) is 0 Å². The maximum absolute atomic E-state index is 12.2. The molecule has 4 fully saturated rings. The van der Waals surface area contributed by atoms with E-state index in [4.69, 9.17) is 0 Å². The van der Waals surface area contributed by atoms with Crippen LogP contribution in [0.4, 0.5) is 5.69 Å². The molecule has 200 valence electrons. The Kier molecular flexibility index (Phi) is 6.32. The van der Waals surface area contributed by atoms with Crippen molar-refractivity contribution in [3.63, 3.8) is 0 Å². The second-order valence-electron chi connectivity index (χ2n) is 14.3. The number of hydrogen-bond acceptors (Lipinski definition) is 3. The number of anilines is 1. The van der Waals surface area contributed by atoms with Crippen LogP contribution in [-0.2, 0) is 0 Å². The Labute approximate surface area is 224 Å². The third-order valence-electron chi connectivity index (χ3n) is 11.0. The quantitative estimate of drug-likeness (QED) is 0.350. The van der Waals surface area contributed by atoms with E-state index in [2.05, 4.69) is 74.8 Å². The molecule has 3 saturated carbocycles. The molecule has 1 saturated heterocycles. The summed E-state index contributed by atoms with van der Waals surface area (Å²) in [6, 6.07) is 9.52. The summed E-state index contributed by atoms with van der Waals surface area (Å²) in [6.07, 6.45) is 11.7. The van der Waals surface area contributed by atoms with Crippen molar-refractivity contribution in [1.82, 2.24) is 0 Å². The van der Waals surface area contributed by atoms with Crippen molar-refractivity contribution in [2.24, 2.45) is 34.5 Å². The molecule has 1 heterocycles. The van der Waals surface area contributed by atoms with Gasteiger partial charge < -0.3 is 15.1 Å². The smallest absolute Gasteiger partial charge is 0.131 e. The molecule has 5 aliphatic rings. The van der Waals surface area contributed by atoms with E-state index in [0.717, 1.165) is 38.5 Å². The molecule has 6 rings (SSSR count). The summed E-state index contributed by atoms with van der Waals surface area (Å²) in [5.74, 6) is 9.63. The van der Waals surface area contributed by atoms with Crippen LogP contribution < -0.4 is 4.90 Å². The van der Waals surface area contributed by atoms with E-state index in [1.54, 1.807) is 0 Å². The lowest BCUT2D eigenvalue weighted by Gasteiger charge is -2.58. The molecule has 3 nitrogen and oxygen atoms in total.